The van der Waals surface area contributed by atoms with Crippen LogP contribution < -0.4 is 10.1 Å². The lowest BCUT2D eigenvalue weighted by Gasteiger charge is -2.17. The van der Waals surface area contributed by atoms with Crippen molar-refractivity contribution in [3.05, 3.63) is 29.8 Å². The minimum Gasteiger partial charge on any atom is -0.406 e. The molecule has 2 nitrogen and oxygen atoms in total. The van der Waals surface area contributed by atoms with Crippen LogP contribution >= 0.6 is 11.8 Å². The van der Waals surface area contributed by atoms with Crippen molar-refractivity contribution in [2.24, 2.45) is 0 Å². The first-order chi connectivity index (χ1) is 9.44. The van der Waals surface area contributed by atoms with Crippen molar-refractivity contribution in [1.82, 2.24) is 5.32 Å². The van der Waals surface area contributed by atoms with E-state index in [1.54, 1.807) is 12.1 Å². The number of hydrogen-bond donors (Lipinski definition) is 1. The smallest absolute Gasteiger partial charge is 0.406 e. The highest BCUT2D eigenvalue weighted by Crippen LogP contribution is 2.27. The van der Waals surface area contributed by atoms with Crippen LogP contribution in [-0.2, 0) is 0 Å². The van der Waals surface area contributed by atoms with Gasteiger partial charge >= 0.3 is 6.36 Å². The predicted octanol–water partition coefficient (Wildman–Crippen LogP) is 4.13. The van der Waals surface area contributed by atoms with Gasteiger partial charge in [0.15, 0.2) is 0 Å². The number of alkyl halides is 3. The molecular weight excluding hydrogens is 287 g/mol. The molecule has 0 aromatic heterocycles. The van der Waals surface area contributed by atoms with E-state index in [4.69, 9.17) is 0 Å². The zero-order valence-electron chi connectivity index (χ0n) is 11.2. The number of nitrogens with one attached hydrogen (secondary N) is 1. The normalized spacial score (nSPS) is 20.9. The van der Waals surface area contributed by atoms with Crippen LogP contribution in [0.4, 0.5) is 13.2 Å². The van der Waals surface area contributed by atoms with Gasteiger partial charge in [-0.15, -0.1) is 13.2 Å². The Balaban J connectivity index is 1.85. The summed E-state index contributed by atoms with van der Waals surface area (Å²) in [5.74, 6) is 1.05. The second kappa shape index (κ2) is 6.72. The highest BCUT2D eigenvalue weighted by atomic mass is 32.2. The molecule has 0 saturated carbocycles. The van der Waals surface area contributed by atoms with Crippen molar-refractivity contribution in [3.8, 4) is 5.75 Å². The lowest BCUT2D eigenvalue weighted by molar-refractivity contribution is -0.274. The van der Waals surface area contributed by atoms with E-state index in [-0.39, 0.29) is 11.8 Å². The third-order valence-corrected chi connectivity index (χ3v) is 4.69. The summed E-state index contributed by atoms with van der Waals surface area (Å²) >= 11 is 1.98. The monoisotopic (exact) mass is 305 g/mol. The largest absolute Gasteiger partial charge is 0.573 e. The fourth-order valence-electron chi connectivity index (χ4n) is 2.19. The third-order valence-electron chi connectivity index (χ3n) is 3.29. The van der Waals surface area contributed by atoms with Crippen molar-refractivity contribution in [2.75, 3.05) is 12.3 Å². The summed E-state index contributed by atoms with van der Waals surface area (Å²) < 4.78 is 40.0. The van der Waals surface area contributed by atoms with E-state index in [9.17, 15) is 13.2 Å². The number of benzene rings is 1. The van der Waals surface area contributed by atoms with Crippen molar-refractivity contribution >= 4 is 11.8 Å². The maximum atomic E-state index is 12.1. The molecule has 1 aromatic rings. The Labute approximate surface area is 121 Å². The summed E-state index contributed by atoms with van der Waals surface area (Å²) in [6.45, 7) is 2.95. The van der Waals surface area contributed by atoms with Crippen LogP contribution in [-0.4, -0.2) is 23.9 Å². The molecule has 0 radical (unpaired) electrons. The van der Waals surface area contributed by atoms with E-state index in [0.29, 0.717) is 5.25 Å². The molecule has 1 heterocycles. The average Bonchev–Trinajstić information content (AvgIpc) is 2.88. The van der Waals surface area contributed by atoms with Gasteiger partial charge in [0, 0.05) is 17.8 Å². The first-order valence-corrected chi connectivity index (χ1v) is 7.69. The number of ether oxygens (including phenoxy) is 1. The van der Waals surface area contributed by atoms with Crippen LogP contribution in [0.3, 0.4) is 0 Å². The highest BCUT2D eigenvalue weighted by Gasteiger charge is 2.31. The van der Waals surface area contributed by atoms with E-state index in [1.165, 1.54) is 30.7 Å². The maximum Gasteiger partial charge on any atom is 0.573 e. The Bertz CT molecular complexity index is 415. The average molecular weight is 305 g/mol. The Morgan fingerprint density at radius 1 is 1.35 bits per heavy atom. The van der Waals surface area contributed by atoms with Gasteiger partial charge in [0.1, 0.15) is 5.75 Å². The molecule has 1 aliphatic heterocycles. The first kappa shape index (κ1) is 15.5. The standard InChI is InChI=1S/C14H18F3NOS/c1-10(18-9-13-3-2-8-20-13)11-4-6-12(7-5-11)19-14(15,16)17/h4-7,10,13,18H,2-3,8-9H2,1H3. The van der Waals surface area contributed by atoms with E-state index in [0.717, 1.165) is 12.1 Å². The second-order valence-corrected chi connectivity index (χ2v) is 6.29. The lowest BCUT2D eigenvalue weighted by atomic mass is 10.1. The molecule has 2 atom stereocenters. The van der Waals surface area contributed by atoms with Crippen molar-refractivity contribution in [1.29, 1.82) is 0 Å². The van der Waals surface area contributed by atoms with Gasteiger partial charge in [0.05, 0.1) is 0 Å². The summed E-state index contributed by atoms with van der Waals surface area (Å²) in [6, 6.07) is 6.16. The molecule has 0 aliphatic carbocycles. The number of halogens is 3. The third kappa shape index (κ3) is 4.90. The molecule has 1 aromatic carbocycles. The van der Waals surface area contributed by atoms with E-state index in [2.05, 4.69) is 10.1 Å². The molecule has 2 rings (SSSR count). The minimum atomic E-state index is -4.63. The van der Waals surface area contributed by atoms with Gasteiger partial charge in [-0.1, -0.05) is 12.1 Å². The van der Waals surface area contributed by atoms with Gasteiger partial charge in [-0.25, -0.2) is 0 Å². The minimum absolute atomic E-state index is 0.121. The molecule has 112 valence electrons. The van der Waals surface area contributed by atoms with Crippen molar-refractivity contribution in [2.45, 2.75) is 37.4 Å². The van der Waals surface area contributed by atoms with Crippen LogP contribution in [0.1, 0.15) is 31.4 Å². The molecule has 0 amide bonds. The van der Waals surface area contributed by atoms with Gasteiger partial charge in [0.25, 0.3) is 0 Å². The summed E-state index contributed by atoms with van der Waals surface area (Å²) in [5, 5.41) is 4.08. The van der Waals surface area contributed by atoms with Crippen LogP contribution in [0.5, 0.6) is 5.75 Å². The van der Waals surface area contributed by atoms with Gasteiger partial charge in [-0.2, -0.15) is 11.8 Å². The molecule has 1 fully saturated rings. The van der Waals surface area contributed by atoms with Gasteiger partial charge < -0.3 is 10.1 Å². The molecule has 0 spiro atoms. The Morgan fingerprint density at radius 2 is 2.05 bits per heavy atom. The fraction of sp³-hybridized carbons (Fsp3) is 0.571. The molecule has 1 saturated heterocycles. The van der Waals surface area contributed by atoms with Gasteiger partial charge in [0.2, 0.25) is 0 Å². The van der Waals surface area contributed by atoms with Crippen LogP contribution in [0.25, 0.3) is 0 Å². The zero-order chi connectivity index (χ0) is 14.6. The molecule has 6 heteroatoms. The topological polar surface area (TPSA) is 21.3 Å². The molecule has 20 heavy (non-hydrogen) atoms. The van der Waals surface area contributed by atoms with E-state index < -0.39 is 6.36 Å². The van der Waals surface area contributed by atoms with Crippen LogP contribution in [0.15, 0.2) is 24.3 Å². The fourth-order valence-corrected chi connectivity index (χ4v) is 3.40. The number of hydrogen-bond acceptors (Lipinski definition) is 3. The predicted molar refractivity (Wildman–Crippen MR) is 75.0 cm³/mol. The molecule has 2 unspecified atom stereocenters. The molecule has 1 aliphatic rings. The van der Waals surface area contributed by atoms with Crippen molar-refractivity contribution < 1.29 is 17.9 Å². The SMILES string of the molecule is CC(NCC1CCCS1)c1ccc(OC(F)(F)F)cc1. The number of rotatable bonds is 5. The summed E-state index contributed by atoms with van der Waals surface area (Å²) in [5.41, 5.74) is 0.961. The van der Waals surface area contributed by atoms with Crippen LogP contribution in [0, 0.1) is 0 Å². The second-order valence-electron chi connectivity index (χ2n) is 4.88. The zero-order valence-corrected chi connectivity index (χ0v) is 12.1. The highest BCUT2D eigenvalue weighted by molar-refractivity contribution is 8.00. The Kier molecular flexibility index (Phi) is 5.21. The summed E-state index contributed by atoms with van der Waals surface area (Å²) in [7, 11) is 0. The first-order valence-electron chi connectivity index (χ1n) is 6.65. The Morgan fingerprint density at radius 3 is 2.60 bits per heavy atom. The summed E-state index contributed by atoms with van der Waals surface area (Å²) in [4.78, 5) is 0. The number of thioether (sulfide) groups is 1. The van der Waals surface area contributed by atoms with Crippen molar-refractivity contribution in [3.63, 3.8) is 0 Å². The van der Waals surface area contributed by atoms with Gasteiger partial charge in [-0.3, -0.25) is 0 Å². The van der Waals surface area contributed by atoms with E-state index >= 15 is 0 Å². The van der Waals surface area contributed by atoms with E-state index in [1.807, 2.05) is 18.7 Å². The summed E-state index contributed by atoms with van der Waals surface area (Å²) in [6.07, 6.45) is -2.12. The van der Waals surface area contributed by atoms with Crippen LogP contribution in [0.2, 0.25) is 0 Å². The van der Waals surface area contributed by atoms with Gasteiger partial charge in [-0.05, 0) is 43.2 Å². The molecule has 1 N–H and O–H groups in total. The maximum absolute atomic E-state index is 12.1. The Hall–Kier alpha value is -0.880. The lowest BCUT2D eigenvalue weighted by Crippen LogP contribution is -2.26. The molecule has 0 bridgehead atoms. The quantitative estimate of drug-likeness (QED) is 0.883. The molecular formula is C14H18F3NOS.